The van der Waals surface area contributed by atoms with Crippen molar-refractivity contribution >= 4 is 23.5 Å². The number of Topliss-reactive ketones (excluding diaryl/α,β-unsaturated/α-hetero) is 1. The minimum atomic E-state index is -0.961. The van der Waals surface area contributed by atoms with Crippen molar-refractivity contribution in [1.82, 2.24) is 30.7 Å². The maximum absolute atomic E-state index is 13.8. The molecule has 0 saturated carbocycles. The summed E-state index contributed by atoms with van der Waals surface area (Å²) in [5, 5.41) is 13.8. The zero-order valence-electron chi connectivity index (χ0n) is 26.9. The number of hydrogen-bond donors (Lipinski definition) is 2. The highest BCUT2D eigenvalue weighted by atomic mass is 16.5. The van der Waals surface area contributed by atoms with Crippen molar-refractivity contribution in [1.29, 1.82) is 0 Å². The maximum atomic E-state index is 13.8. The van der Waals surface area contributed by atoms with Gasteiger partial charge in [-0.05, 0) is 74.9 Å². The molecule has 2 aromatic heterocycles. The summed E-state index contributed by atoms with van der Waals surface area (Å²) in [6, 6.07) is 9.47. The van der Waals surface area contributed by atoms with Crippen LogP contribution in [0.1, 0.15) is 87.0 Å². The molecule has 1 aliphatic rings. The molecular weight excluding hydrogens is 576 g/mol. The Morgan fingerprint density at radius 3 is 2.24 bits per heavy atom. The molecular formula is C33H42N6O6. The summed E-state index contributed by atoms with van der Waals surface area (Å²) < 4.78 is 11.0. The van der Waals surface area contributed by atoms with E-state index in [1.807, 2.05) is 39.8 Å². The van der Waals surface area contributed by atoms with Gasteiger partial charge in [0, 0.05) is 18.3 Å². The Morgan fingerprint density at radius 1 is 0.956 bits per heavy atom. The van der Waals surface area contributed by atoms with Crippen LogP contribution in [0.5, 0.6) is 5.75 Å². The lowest BCUT2D eigenvalue weighted by molar-refractivity contribution is -0.140. The number of benzene rings is 1. The molecule has 3 amide bonds. The van der Waals surface area contributed by atoms with Gasteiger partial charge in [-0.3, -0.25) is 24.2 Å². The first-order chi connectivity index (χ1) is 21.3. The maximum Gasteiger partial charge on any atom is 0.286 e. The normalized spacial score (nSPS) is 16.4. The van der Waals surface area contributed by atoms with Crippen molar-refractivity contribution in [3.8, 4) is 5.75 Å². The first kappa shape index (κ1) is 33.3. The van der Waals surface area contributed by atoms with Crippen LogP contribution in [0.3, 0.4) is 0 Å². The van der Waals surface area contributed by atoms with Gasteiger partial charge < -0.3 is 24.7 Å². The standard InChI is InChI=1S/C33H42N6O6/c1-19(2)25(27(40)30-37-38-32(45-30)33(5,6)24-12-8-9-17-34-24)35-29(42)23-11-10-18-39(23)31(43)26(20(3)4)36-28(41)21-13-15-22(44-7)16-14-21/h8-9,12-17,19-20,23,25-26H,10-11,18H2,1-7H3,(H,35,42)(H,36,41)/t23-,25-,26-/m0/s1. The molecule has 1 aromatic carbocycles. The van der Waals surface area contributed by atoms with E-state index in [1.54, 1.807) is 50.4 Å². The minimum Gasteiger partial charge on any atom is -0.497 e. The van der Waals surface area contributed by atoms with E-state index in [-0.39, 0.29) is 29.5 Å². The third-order valence-corrected chi connectivity index (χ3v) is 8.13. The number of hydrogen-bond acceptors (Lipinski definition) is 9. The van der Waals surface area contributed by atoms with Crippen LogP contribution >= 0.6 is 0 Å². The molecule has 1 aliphatic heterocycles. The quantitative estimate of drug-likeness (QED) is 0.290. The summed E-state index contributed by atoms with van der Waals surface area (Å²) in [6.07, 6.45) is 2.70. The summed E-state index contributed by atoms with van der Waals surface area (Å²) in [4.78, 5) is 59.8. The van der Waals surface area contributed by atoms with E-state index >= 15 is 0 Å². The number of nitrogens with one attached hydrogen (secondary N) is 2. The highest BCUT2D eigenvalue weighted by Gasteiger charge is 2.41. The minimum absolute atomic E-state index is 0.214. The summed E-state index contributed by atoms with van der Waals surface area (Å²) in [7, 11) is 1.54. The molecule has 0 spiro atoms. The number of nitrogens with zero attached hydrogens (tertiary/aromatic N) is 4. The van der Waals surface area contributed by atoms with Gasteiger partial charge in [0.2, 0.25) is 23.5 Å². The van der Waals surface area contributed by atoms with Crippen LogP contribution in [0.4, 0.5) is 0 Å². The number of rotatable bonds is 12. The van der Waals surface area contributed by atoms with E-state index in [1.165, 1.54) is 12.0 Å². The fraction of sp³-hybridized carbons (Fsp3) is 0.485. The van der Waals surface area contributed by atoms with Crippen LogP contribution < -0.4 is 15.4 Å². The number of methoxy groups -OCH3 is 1. The topological polar surface area (TPSA) is 157 Å². The van der Waals surface area contributed by atoms with E-state index in [2.05, 4.69) is 25.8 Å². The van der Waals surface area contributed by atoms with Crippen LogP contribution in [-0.4, -0.2) is 75.4 Å². The average Bonchev–Trinajstić information content (AvgIpc) is 3.73. The molecule has 240 valence electrons. The lowest BCUT2D eigenvalue weighted by atomic mass is 9.89. The summed E-state index contributed by atoms with van der Waals surface area (Å²) >= 11 is 0. The second kappa shape index (κ2) is 14.0. The Hall–Kier alpha value is -4.61. The van der Waals surface area contributed by atoms with Crippen molar-refractivity contribution < 1.29 is 28.3 Å². The van der Waals surface area contributed by atoms with Crippen LogP contribution in [-0.2, 0) is 15.0 Å². The van der Waals surface area contributed by atoms with E-state index < -0.39 is 41.1 Å². The lowest BCUT2D eigenvalue weighted by Gasteiger charge is -2.31. The van der Waals surface area contributed by atoms with Gasteiger partial charge >= 0.3 is 0 Å². The number of ketones is 1. The van der Waals surface area contributed by atoms with Crippen molar-refractivity contribution in [2.45, 2.75) is 77.9 Å². The van der Waals surface area contributed by atoms with E-state index in [0.29, 0.717) is 36.4 Å². The number of pyridine rings is 1. The van der Waals surface area contributed by atoms with Gasteiger partial charge in [0.1, 0.15) is 17.8 Å². The first-order valence-corrected chi connectivity index (χ1v) is 15.2. The predicted molar refractivity (Wildman–Crippen MR) is 166 cm³/mol. The highest BCUT2D eigenvalue weighted by Crippen LogP contribution is 2.29. The second-order valence-corrected chi connectivity index (χ2v) is 12.5. The van der Waals surface area contributed by atoms with E-state index in [4.69, 9.17) is 9.15 Å². The van der Waals surface area contributed by atoms with Crippen LogP contribution in [0.2, 0.25) is 0 Å². The molecule has 12 heteroatoms. The number of aromatic nitrogens is 3. The largest absolute Gasteiger partial charge is 0.497 e. The first-order valence-electron chi connectivity index (χ1n) is 15.2. The smallest absolute Gasteiger partial charge is 0.286 e. The molecule has 1 fully saturated rings. The van der Waals surface area contributed by atoms with Crippen molar-refractivity contribution in [2.75, 3.05) is 13.7 Å². The molecule has 45 heavy (non-hydrogen) atoms. The summed E-state index contributed by atoms with van der Waals surface area (Å²) in [5.74, 6) is -1.65. The van der Waals surface area contributed by atoms with Gasteiger partial charge in [0.05, 0.1) is 24.3 Å². The zero-order chi connectivity index (χ0) is 32.9. The van der Waals surface area contributed by atoms with Gasteiger partial charge in [-0.15, -0.1) is 10.2 Å². The predicted octanol–water partition coefficient (Wildman–Crippen LogP) is 3.57. The summed E-state index contributed by atoms with van der Waals surface area (Å²) in [6.45, 7) is 11.4. The Balaban J connectivity index is 1.47. The highest BCUT2D eigenvalue weighted by molar-refractivity contribution is 6.01. The van der Waals surface area contributed by atoms with Crippen LogP contribution in [0.25, 0.3) is 0 Å². The Labute approximate surface area is 263 Å². The third kappa shape index (κ3) is 7.38. The van der Waals surface area contributed by atoms with Crippen LogP contribution in [0.15, 0.2) is 53.1 Å². The molecule has 0 aliphatic carbocycles. The van der Waals surface area contributed by atoms with Gasteiger partial charge in [-0.2, -0.15) is 0 Å². The Bertz CT molecular complexity index is 1500. The number of carbonyl (C=O) groups excluding carboxylic acids is 4. The van der Waals surface area contributed by atoms with Crippen molar-refractivity contribution in [3.63, 3.8) is 0 Å². The van der Waals surface area contributed by atoms with Gasteiger partial charge in [-0.1, -0.05) is 33.8 Å². The van der Waals surface area contributed by atoms with E-state index in [0.717, 1.165) is 0 Å². The van der Waals surface area contributed by atoms with Gasteiger partial charge in [0.15, 0.2) is 0 Å². The monoisotopic (exact) mass is 618 g/mol. The molecule has 3 heterocycles. The summed E-state index contributed by atoms with van der Waals surface area (Å²) in [5.41, 5.74) is 0.340. The molecule has 0 bridgehead atoms. The van der Waals surface area contributed by atoms with Gasteiger partial charge in [-0.25, -0.2) is 0 Å². The van der Waals surface area contributed by atoms with Crippen molar-refractivity contribution in [2.24, 2.45) is 11.8 Å². The molecule has 12 nitrogen and oxygen atoms in total. The average molecular weight is 619 g/mol. The Morgan fingerprint density at radius 2 is 1.64 bits per heavy atom. The molecule has 3 atom stereocenters. The third-order valence-electron chi connectivity index (χ3n) is 8.13. The number of likely N-dealkylation sites (tertiary alicyclic amines) is 1. The van der Waals surface area contributed by atoms with Gasteiger partial charge in [0.25, 0.3) is 11.8 Å². The van der Waals surface area contributed by atoms with Crippen LogP contribution in [0, 0.1) is 11.8 Å². The fourth-order valence-electron chi connectivity index (χ4n) is 5.30. The molecule has 0 unspecified atom stereocenters. The molecule has 3 aromatic rings. The fourth-order valence-corrected chi connectivity index (χ4v) is 5.30. The zero-order valence-corrected chi connectivity index (χ0v) is 26.9. The molecule has 2 N–H and O–H groups in total. The SMILES string of the molecule is COc1ccc(C(=O)N[C@H](C(=O)N2CCC[C@H]2C(=O)N[C@H](C(=O)c2nnc(C(C)(C)c3ccccn3)o2)C(C)C)C(C)C)cc1. The molecule has 1 saturated heterocycles. The van der Waals surface area contributed by atoms with E-state index in [9.17, 15) is 19.2 Å². The number of ether oxygens (including phenoxy) is 1. The lowest BCUT2D eigenvalue weighted by Crippen LogP contribution is -2.57. The van der Waals surface area contributed by atoms with Crippen molar-refractivity contribution in [3.05, 3.63) is 71.7 Å². The number of amides is 3. The molecule has 4 rings (SSSR count). The number of carbonyl (C=O) groups is 4. The second-order valence-electron chi connectivity index (χ2n) is 12.5. The Kier molecular flexibility index (Phi) is 10.4. The molecule has 0 radical (unpaired) electrons.